The van der Waals surface area contributed by atoms with Crippen LogP contribution < -0.4 is 0 Å². The molecule has 16 heavy (non-hydrogen) atoms. The Balaban J connectivity index is 2.11. The van der Waals surface area contributed by atoms with E-state index in [-0.39, 0.29) is 12.1 Å². The van der Waals surface area contributed by atoms with E-state index in [4.69, 9.17) is 4.74 Å². The molecule has 0 aliphatic carbocycles. The van der Waals surface area contributed by atoms with Gasteiger partial charge < -0.3 is 4.74 Å². The van der Waals surface area contributed by atoms with E-state index in [0.717, 1.165) is 11.1 Å². The SMILES string of the molecule is O=C1O[C@H](c2ccncc2)c2ccccc21. The van der Waals surface area contributed by atoms with Crippen LogP contribution >= 0.6 is 0 Å². The second-order valence-electron chi connectivity index (χ2n) is 3.65. The highest BCUT2D eigenvalue weighted by Crippen LogP contribution is 2.34. The Morgan fingerprint density at radius 1 is 1.06 bits per heavy atom. The van der Waals surface area contributed by atoms with Gasteiger partial charge >= 0.3 is 5.97 Å². The Bertz CT molecular complexity index is 537. The van der Waals surface area contributed by atoms with Crippen LogP contribution in [0.3, 0.4) is 0 Å². The van der Waals surface area contributed by atoms with Crippen LogP contribution in [0.5, 0.6) is 0 Å². The van der Waals surface area contributed by atoms with Crippen molar-refractivity contribution in [2.75, 3.05) is 0 Å². The van der Waals surface area contributed by atoms with Crippen molar-refractivity contribution in [1.29, 1.82) is 0 Å². The van der Waals surface area contributed by atoms with Crippen LogP contribution in [0, 0.1) is 0 Å². The molecule has 3 heteroatoms. The van der Waals surface area contributed by atoms with E-state index in [1.165, 1.54) is 0 Å². The standard InChI is InChI=1S/C13H9NO2/c15-13-11-4-2-1-3-10(11)12(16-13)9-5-7-14-8-6-9/h1-8,12H/t12-/m1/s1. The zero-order valence-corrected chi connectivity index (χ0v) is 8.46. The topological polar surface area (TPSA) is 39.2 Å². The number of cyclic esters (lactones) is 1. The van der Waals surface area contributed by atoms with Gasteiger partial charge in [0.25, 0.3) is 0 Å². The lowest BCUT2D eigenvalue weighted by atomic mass is 10.0. The first kappa shape index (κ1) is 9.09. The number of esters is 1. The van der Waals surface area contributed by atoms with Crippen molar-refractivity contribution in [3.8, 4) is 0 Å². The average molecular weight is 211 g/mol. The van der Waals surface area contributed by atoms with Crippen LogP contribution in [0.1, 0.15) is 27.6 Å². The fourth-order valence-electron chi connectivity index (χ4n) is 1.93. The summed E-state index contributed by atoms with van der Waals surface area (Å²) in [5, 5.41) is 0. The molecule has 1 aliphatic rings. The number of fused-ring (bicyclic) bond motifs is 1. The Kier molecular flexibility index (Phi) is 1.96. The first-order valence-corrected chi connectivity index (χ1v) is 5.06. The molecule has 1 aromatic carbocycles. The number of pyridine rings is 1. The third-order valence-electron chi connectivity index (χ3n) is 2.70. The summed E-state index contributed by atoms with van der Waals surface area (Å²) in [4.78, 5) is 15.6. The number of aromatic nitrogens is 1. The van der Waals surface area contributed by atoms with Gasteiger partial charge in [-0.25, -0.2) is 4.79 Å². The number of hydrogen-bond donors (Lipinski definition) is 0. The molecular weight excluding hydrogens is 202 g/mol. The summed E-state index contributed by atoms with van der Waals surface area (Å²) in [6, 6.07) is 11.2. The van der Waals surface area contributed by atoms with Crippen molar-refractivity contribution in [2.24, 2.45) is 0 Å². The second-order valence-corrected chi connectivity index (χ2v) is 3.65. The van der Waals surface area contributed by atoms with Crippen molar-refractivity contribution in [3.05, 3.63) is 65.5 Å². The zero-order valence-electron chi connectivity index (χ0n) is 8.46. The smallest absolute Gasteiger partial charge is 0.339 e. The Labute approximate surface area is 92.7 Å². The summed E-state index contributed by atoms with van der Waals surface area (Å²) < 4.78 is 5.35. The third kappa shape index (κ3) is 1.29. The van der Waals surface area contributed by atoms with Gasteiger partial charge in [0.15, 0.2) is 6.10 Å². The lowest BCUT2D eigenvalue weighted by molar-refractivity contribution is 0.0455. The lowest BCUT2D eigenvalue weighted by Gasteiger charge is -2.09. The maximum absolute atomic E-state index is 11.6. The molecule has 1 atom stereocenters. The van der Waals surface area contributed by atoms with E-state index >= 15 is 0 Å². The van der Waals surface area contributed by atoms with Gasteiger partial charge in [-0.2, -0.15) is 0 Å². The number of rotatable bonds is 1. The number of carbonyl (C=O) groups is 1. The number of ether oxygens (including phenoxy) is 1. The van der Waals surface area contributed by atoms with E-state index < -0.39 is 0 Å². The Morgan fingerprint density at radius 2 is 1.81 bits per heavy atom. The molecule has 3 nitrogen and oxygen atoms in total. The molecule has 0 N–H and O–H groups in total. The highest BCUT2D eigenvalue weighted by Gasteiger charge is 2.31. The van der Waals surface area contributed by atoms with E-state index in [0.29, 0.717) is 5.56 Å². The fourth-order valence-corrected chi connectivity index (χ4v) is 1.93. The first-order chi connectivity index (χ1) is 7.86. The monoisotopic (exact) mass is 211 g/mol. The minimum atomic E-state index is -0.285. The quantitative estimate of drug-likeness (QED) is 0.679. The van der Waals surface area contributed by atoms with Crippen molar-refractivity contribution in [1.82, 2.24) is 4.98 Å². The van der Waals surface area contributed by atoms with Crippen molar-refractivity contribution in [3.63, 3.8) is 0 Å². The maximum Gasteiger partial charge on any atom is 0.339 e. The number of benzene rings is 1. The summed E-state index contributed by atoms with van der Waals surface area (Å²) in [5.41, 5.74) is 2.54. The maximum atomic E-state index is 11.6. The highest BCUT2D eigenvalue weighted by molar-refractivity contribution is 5.94. The fraction of sp³-hybridized carbons (Fsp3) is 0.0769. The largest absolute Gasteiger partial charge is 0.449 e. The number of carbonyl (C=O) groups excluding carboxylic acids is 1. The van der Waals surface area contributed by atoms with Crippen LogP contribution in [0.15, 0.2) is 48.8 Å². The summed E-state index contributed by atoms with van der Waals surface area (Å²) in [6.07, 6.45) is 3.11. The molecule has 0 radical (unpaired) electrons. The van der Waals surface area contributed by atoms with Crippen LogP contribution in [0.4, 0.5) is 0 Å². The predicted molar refractivity (Wildman–Crippen MR) is 57.9 cm³/mol. The van der Waals surface area contributed by atoms with Crippen LogP contribution in [-0.2, 0) is 4.74 Å². The van der Waals surface area contributed by atoms with E-state index in [2.05, 4.69) is 4.98 Å². The first-order valence-electron chi connectivity index (χ1n) is 5.06. The lowest BCUT2D eigenvalue weighted by Crippen LogP contribution is -2.00. The van der Waals surface area contributed by atoms with Gasteiger partial charge in [-0.15, -0.1) is 0 Å². The molecule has 0 saturated carbocycles. The van der Waals surface area contributed by atoms with Gasteiger partial charge in [0, 0.05) is 23.5 Å². The molecule has 0 bridgehead atoms. The third-order valence-corrected chi connectivity index (χ3v) is 2.70. The van der Waals surface area contributed by atoms with Crippen LogP contribution in [0.25, 0.3) is 0 Å². The minimum Gasteiger partial charge on any atom is -0.449 e. The molecule has 2 aromatic rings. The summed E-state index contributed by atoms with van der Waals surface area (Å²) in [7, 11) is 0. The molecule has 0 fully saturated rings. The molecule has 78 valence electrons. The Morgan fingerprint density at radius 3 is 2.62 bits per heavy atom. The van der Waals surface area contributed by atoms with Gasteiger partial charge in [-0.05, 0) is 18.2 Å². The van der Waals surface area contributed by atoms with Crippen LogP contribution in [0.2, 0.25) is 0 Å². The molecule has 3 rings (SSSR count). The summed E-state index contributed by atoms with van der Waals surface area (Å²) >= 11 is 0. The zero-order chi connectivity index (χ0) is 11.0. The second kappa shape index (κ2) is 3.45. The summed E-state index contributed by atoms with van der Waals surface area (Å²) in [5.74, 6) is -0.252. The predicted octanol–water partition coefficient (Wildman–Crippen LogP) is 2.34. The number of nitrogens with zero attached hydrogens (tertiary/aromatic N) is 1. The van der Waals surface area contributed by atoms with Crippen molar-refractivity contribution >= 4 is 5.97 Å². The molecule has 0 amide bonds. The molecule has 0 saturated heterocycles. The van der Waals surface area contributed by atoms with Crippen LogP contribution in [-0.4, -0.2) is 11.0 Å². The normalized spacial score (nSPS) is 18.0. The Hall–Kier alpha value is -2.16. The minimum absolute atomic E-state index is 0.252. The molecule has 1 aliphatic heterocycles. The van der Waals surface area contributed by atoms with Gasteiger partial charge in [0.05, 0.1) is 5.56 Å². The number of hydrogen-bond acceptors (Lipinski definition) is 3. The molecule has 0 unspecified atom stereocenters. The van der Waals surface area contributed by atoms with Gasteiger partial charge in [0.2, 0.25) is 0 Å². The molecule has 2 heterocycles. The van der Waals surface area contributed by atoms with E-state index in [9.17, 15) is 4.79 Å². The molecule has 0 spiro atoms. The highest BCUT2D eigenvalue weighted by atomic mass is 16.5. The van der Waals surface area contributed by atoms with Crippen molar-refractivity contribution in [2.45, 2.75) is 6.10 Å². The van der Waals surface area contributed by atoms with E-state index in [1.807, 2.05) is 30.3 Å². The van der Waals surface area contributed by atoms with Gasteiger partial charge in [-0.3, -0.25) is 4.98 Å². The van der Waals surface area contributed by atoms with Gasteiger partial charge in [0.1, 0.15) is 0 Å². The van der Waals surface area contributed by atoms with Gasteiger partial charge in [-0.1, -0.05) is 18.2 Å². The van der Waals surface area contributed by atoms with E-state index in [1.54, 1.807) is 18.5 Å². The molecular formula is C13H9NO2. The van der Waals surface area contributed by atoms with Crippen molar-refractivity contribution < 1.29 is 9.53 Å². The summed E-state index contributed by atoms with van der Waals surface area (Å²) in [6.45, 7) is 0. The molecule has 1 aromatic heterocycles. The average Bonchev–Trinajstić information content (AvgIpc) is 2.69.